The first-order chi connectivity index (χ1) is 10.1. The standard InChI is InChI=1S/C16H31N3O2/c1-14(2)16(21)19-11-7-10-18(12-13-19)15(20)8-5-3-4-6-9-17/h14H,3-13,17H2,1-2H3. The summed E-state index contributed by atoms with van der Waals surface area (Å²) in [6.07, 6.45) is 5.70. The van der Waals surface area contributed by atoms with Gasteiger partial charge >= 0.3 is 0 Å². The van der Waals surface area contributed by atoms with Gasteiger partial charge in [0.15, 0.2) is 0 Å². The summed E-state index contributed by atoms with van der Waals surface area (Å²) in [7, 11) is 0. The van der Waals surface area contributed by atoms with Crippen molar-refractivity contribution >= 4 is 11.8 Å². The molecule has 5 nitrogen and oxygen atoms in total. The summed E-state index contributed by atoms with van der Waals surface area (Å²) in [6.45, 7) is 7.51. The molecule has 0 aromatic rings. The number of carbonyl (C=O) groups is 2. The zero-order chi connectivity index (χ0) is 15.7. The van der Waals surface area contributed by atoms with E-state index in [1.165, 1.54) is 0 Å². The van der Waals surface area contributed by atoms with Crippen LogP contribution >= 0.6 is 0 Å². The predicted octanol–water partition coefficient (Wildman–Crippen LogP) is 1.61. The van der Waals surface area contributed by atoms with Crippen molar-refractivity contribution in [3.8, 4) is 0 Å². The average molecular weight is 297 g/mol. The van der Waals surface area contributed by atoms with Crippen molar-refractivity contribution in [3.63, 3.8) is 0 Å². The SMILES string of the molecule is CC(C)C(=O)N1CCCN(C(=O)CCCCCCN)CC1. The molecule has 0 aliphatic carbocycles. The van der Waals surface area contributed by atoms with Crippen molar-refractivity contribution in [3.05, 3.63) is 0 Å². The molecule has 0 atom stereocenters. The number of hydrogen-bond donors (Lipinski definition) is 1. The zero-order valence-corrected chi connectivity index (χ0v) is 13.6. The summed E-state index contributed by atoms with van der Waals surface area (Å²) in [5, 5.41) is 0. The minimum atomic E-state index is 0.0368. The predicted molar refractivity (Wildman–Crippen MR) is 84.8 cm³/mol. The fourth-order valence-electron chi connectivity index (χ4n) is 2.68. The maximum absolute atomic E-state index is 12.2. The molecule has 0 bridgehead atoms. The summed E-state index contributed by atoms with van der Waals surface area (Å²) < 4.78 is 0. The highest BCUT2D eigenvalue weighted by Gasteiger charge is 2.22. The molecular weight excluding hydrogens is 266 g/mol. The van der Waals surface area contributed by atoms with Crippen molar-refractivity contribution in [1.82, 2.24) is 9.80 Å². The Bertz CT molecular complexity index is 331. The maximum Gasteiger partial charge on any atom is 0.225 e. The maximum atomic E-state index is 12.2. The summed E-state index contributed by atoms with van der Waals surface area (Å²) >= 11 is 0. The number of carbonyl (C=O) groups excluding carboxylic acids is 2. The molecule has 1 rings (SSSR count). The minimum absolute atomic E-state index is 0.0368. The summed E-state index contributed by atoms with van der Waals surface area (Å²) in [5.41, 5.74) is 5.46. The molecule has 0 aromatic carbocycles. The van der Waals surface area contributed by atoms with Gasteiger partial charge in [-0.25, -0.2) is 0 Å². The highest BCUT2D eigenvalue weighted by molar-refractivity contribution is 5.79. The van der Waals surface area contributed by atoms with E-state index in [1.807, 2.05) is 23.6 Å². The fraction of sp³-hybridized carbons (Fsp3) is 0.875. The van der Waals surface area contributed by atoms with Gasteiger partial charge in [-0.1, -0.05) is 26.7 Å². The van der Waals surface area contributed by atoms with Crippen LogP contribution < -0.4 is 5.73 Å². The molecule has 2 N–H and O–H groups in total. The molecule has 0 radical (unpaired) electrons. The second-order valence-corrected chi connectivity index (χ2v) is 6.17. The molecule has 1 aliphatic rings. The number of rotatable bonds is 7. The fourth-order valence-corrected chi connectivity index (χ4v) is 2.68. The Hall–Kier alpha value is -1.10. The van der Waals surface area contributed by atoms with Gasteiger partial charge in [0.25, 0.3) is 0 Å². The average Bonchev–Trinajstić information content (AvgIpc) is 2.71. The van der Waals surface area contributed by atoms with E-state index in [-0.39, 0.29) is 17.7 Å². The number of unbranched alkanes of at least 4 members (excludes halogenated alkanes) is 3. The van der Waals surface area contributed by atoms with Crippen LogP contribution in [-0.4, -0.2) is 54.3 Å². The first-order valence-electron chi connectivity index (χ1n) is 8.33. The molecule has 1 aliphatic heterocycles. The first-order valence-corrected chi connectivity index (χ1v) is 8.33. The van der Waals surface area contributed by atoms with E-state index in [0.717, 1.165) is 51.7 Å². The van der Waals surface area contributed by atoms with E-state index >= 15 is 0 Å². The number of nitrogens with two attached hydrogens (primary N) is 1. The summed E-state index contributed by atoms with van der Waals surface area (Å²) in [5.74, 6) is 0.475. The largest absolute Gasteiger partial charge is 0.341 e. The van der Waals surface area contributed by atoms with Crippen LogP contribution in [0, 0.1) is 5.92 Å². The Morgan fingerprint density at radius 2 is 1.57 bits per heavy atom. The zero-order valence-electron chi connectivity index (χ0n) is 13.6. The quantitative estimate of drug-likeness (QED) is 0.726. The van der Waals surface area contributed by atoms with Crippen LogP contribution in [0.2, 0.25) is 0 Å². The lowest BCUT2D eigenvalue weighted by Crippen LogP contribution is -2.38. The number of amides is 2. The van der Waals surface area contributed by atoms with Crippen molar-refractivity contribution < 1.29 is 9.59 Å². The molecular formula is C16H31N3O2. The molecule has 2 amide bonds. The third-order valence-electron chi connectivity index (χ3n) is 4.00. The van der Waals surface area contributed by atoms with E-state index in [1.54, 1.807) is 0 Å². The Morgan fingerprint density at radius 3 is 2.24 bits per heavy atom. The second-order valence-electron chi connectivity index (χ2n) is 6.17. The molecule has 21 heavy (non-hydrogen) atoms. The second kappa shape index (κ2) is 9.77. The van der Waals surface area contributed by atoms with Gasteiger partial charge in [-0.2, -0.15) is 0 Å². The van der Waals surface area contributed by atoms with Gasteiger partial charge in [-0.3, -0.25) is 9.59 Å². The van der Waals surface area contributed by atoms with Crippen molar-refractivity contribution in [2.45, 2.75) is 52.4 Å². The lowest BCUT2D eigenvalue weighted by Gasteiger charge is -2.23. The normalized spacial score (nSPS) is 16.2. The molecule has 0 spiro atoms. The van der Waals surface area contributed by atoms with Crippen molar-refractivity contribution in [2.24, 2.45) is 11.7 Å². The van der Waals surface area contributed by atoms with Crippen LogP contribution in [0.15, 0.2) is 0 Å². The molecule has 1 saturated heterocycles. The highest BCUT2D eigenvalue weighted by atomic mass is 16.2. The van der Waals surface area contributed by atoms with Crippen LogP contribution in [0.25, 0.3) is 0 Å². The molecule has 0 aromatic heterocycles. The van der Waals surface area contributed by atoms with Crippen LogP contribution in [0.5, 0.6) is 0 Å². The lowest BCUT2D eigenvalue weighted by molar-refractivity contribution is -0.135. The minimum Gasteiger partial charge on any atom is -0.341 e. The van der Waals surface area contributed by atoms with E-state index in [0.29, 0.717) is 19.5 Å². The molecule has 1 heterocycles. The van der Waals surface area contributed by atoms with Gasteiger partial charge < -0.3 is 15.5 Å². The summed E-state index contributed by atoms with van der Waals surface area (Å²) in [4.78, 5) is 28.0. The van der Waals surface area contributed by atoms with Crippen molar-refractivity contribution in [2.75, 3.05) is 32.7 Å². The third kappa shape index (κ3) is 6.46. The van der Waals surface area contributed by atoms with Crippen LogP contribution in [0.4, 0.5) is 0 Å². The smallest absolute Gasteiger partial charge is 0.225 e. The van der Waals surface area contributed by atoms with Crippen LogP contribution in [0.3, 0.4) is 0 Å². The Labute approximate surface area is 128 Å². The van der Waals surface area contributed by atoms with E-state index in [9.17, 15) is 9.59 Å². The van der Waals surface area contributed by atoms with Gasteiger partial charge in [0.1, 0.15) is 0 Å². The molecule has 0 unspecified atom stereocenters. The Kier molecular flexibility index (Phi) is 8.35. The number of nitrogens with zero attached hydrogens (tertiary/aromatic N) is 2. The molecule has 0 saturated carbocycles. The van der Waals surface area contributed by atoms with Gasteiger partial charge in [0.05, 0.1) is 0 Å². The molecule has 5 heteroatoms. The van der Waals surface area contributed by atoms with E-state index < -0.39 is 0 Å². The van der Waals surface area contributed by atoms with Gasteiger partial charge in [-0.05, 0) is 25.8 Å². The van der Waals surface area contributed by atoms with Gasteiger partial charge in [0, 0.05) is 38.5 Å². The summed E-state index contributed by atoms with van der Waals surface area (Å²) in [6, 6.07) is 0. The Morgan fingerprint density at radius 1 is 0.952 bits per heavy atom. The highest BCUT2D eigenvalue weighted by Crippen LogP contribution is 2.10. The van der Waals surface area contributed by atoms with E-state index in [2.05, 4.69) is 0 Å². The van der Waals surface area contributed by atoms with Crippen molar-refractivity contribution in [1.29, 1.82) is 0 Å². The number of hydrogen-bond acceptors (Lipinski definition) is 3. The van der Waals surface area contributed by atoms with Crippen LogP contribution in [-0.2, 0) is 9.59 Å². The monoisotopic (exact) mass is 297 g/mol. The van der Waals surface area contributed by atoms with Crippen LogP contribution in [0.1, 0.15) is 52.4 Å². The lowest BCUT2D eigenvalue weighted by atomic mass is 10.1. The first kappa shape index (κ1) is 18.0. The third-order valence-corrected chi connectivity index (χ3v) is 4.00. The molecule has 1 fully saturated rings. The van der Waals surface area contributed by atoms with Gasteiger partial charge in [0.2, 0.25) is 11.8 Å². The topological polar surface area (TPSA) is 66.6 Å². The van der Waals surface area contributed by atoms with Gasteiger partial charge in [-0.15, -0.1) is 0 Å². The Balaban J connectivity index is 2.30. The van der Waals surface area contributed by atoms with E-state index in [4.69, 9.17) is 5.73 Å². The molecule has 122 valence electrons.